The third kappa shape index (κ3) is 3.90. The number of amides is 2. The molecule has 1 aliphatic rings. The standard InChI is InChI=1S/C23H19N5O3S/c1-13-24-19-11-17(5-7-20(19)32-13)28-12-15(10-22(28)30)23(31)25-16-4-2-3-14(9-16)18-6-8-21(29)27-26-18/h2-9,11,15H,10,12H2,1H3,(H,25,31)(H,27,29). The van der Waals surface area contributed by atoms with Crippen LogP contribution in [0, 0.1) is 12.8 Å². The number of carbonyl (C=O) groups is 2. The maximum absolute atomic E-state index is 12.9. The van der Waals surface area contributed by atoms with Crippen molar-refractivity contribution in [1.29, 1.82) is 0 Å². The molecule has 0 radical (unpaired) electrons. The van der Waals surface area contributed by atoms with Crippen LogP contribution in [-0.4, -0.2) is 33.5 Å². The first-order chi connectivity index (χ1) is 15.5. The van der Waals surface area contributed by atoms with Gasteiger partial charge in [-0.2, -0.15) is 5.10 Å². The van der Waals surface area contributed by atoms with Crippen molar-refractivity contribution in [1.82, 2.24) is 15.2 Å². The second kappa shape index (κ2) is 8.01. The van der Waals surface area contributed by atoms with E-state index in [1.165, 1.54) is 6.07 Å². The zero-order valence-electron chi connectivity index (χ0n) is 17.2. The molecule has 32 heavy (non-hydrogen) atoms. The SMILES string of the molecule is Cc1nc2cc(N3CC(C(=O)Nc4cccc(-c5ccc(=O)[nH]n5)c4)CC3=O)ccc2s1. The van der Waals surface area contributed by atoms with Crippen LogP contribution in [0.25, 0.3) is 21.5 Å². The first kappa shape index (κ1) is 20.1. The van der Waals surface area contributed by atoms with Gasteiger partial charge in [0.05, 0.1) is 26.8 Å². The van der Waals surface area contributed by atoms with Crippen LogP contribution in [0.15, 0.2) is 59.4 Å². The van der Waals surface area contributed by atoms with Crippen LogP contribution in [0.2, 0.25) is 0 Å². The van der Waals surface area contributed by atoms with Crippen molar-refractivity contribution < 1.29 is 9.59 Å². The van der Waals surface area contributed by atoms with Crippen molar-refractivity contribution in [2.75, 3.05) is 16.8 Å². The highest BCUT2D eigenvalue weighted by Crippen LogP contribution is 2.31. The van der Waals surface area contributed by atoms with E-state index >= 15 is 0 Å². The fourth-order valence-electron chi connectivity index (χ4n) is 3.84. The Morgan fingerprint density at radius 1 is 1.16 bits per heavy atom. The van der Waals surface area contributed by atoms with Crippen LogP contribution >= 0.6 is 11.3 Å². The monoisotopic (exact) mass is 445 g/mol. The van der Waals surface area contributed by atoms with Gasteiger partial charge in [0.25, 0.3) is 5.56 Å². The number of hydrogen-bond acceptors (Lipinski definition) is 6. The van der Waals surface area contributed by atoms with Gasteiger partial charge in [0.15, 0.2) is 0 Å². The summed E-state index contributed by atoms with van der Waals surface area (Å²) in [6.07, 6.45) is 0.154. The summed E-state index contributed by atoms with van der Waals surface area (Å²) in [7, 11) is 0. The molecule has 8 nitrogen and oxygen atoms in total. The summed E-state index contributed by atoms with van der Waals surface area (Å²) in [5, 5.41) is 10.3. The van der Waals surface area contributed by atoms with E-state index in [1.807, 2.05) is 31.2 Å². The number of nitrogens with one attached hydrogen (secondary N) is 2. The quantitative estimate of drug-likeness (QED) is 0.501. The lowest BCUT2D eigenvalue weighted by molar-refractivity contribution is -0.122. The third-order valence-electron chi connectivity index (χ3n) is 5.39. The van der Waals surface area contributed by atoms with E-state index in [-0.39, 0.29) is 23.8 Å². The molecule has 1 unspecified atom stereocenters. The number of aryl methyl sites for hydroxylation is 1. The molecular weight excluding hydrogens is 426 g/mol. The second-order valence-electron chi connectivity index (χ2n) is 7.67. The number of H-pyrrole nitrogens is 1. The van der Waals surface area contributed by atoms with E-state index < -0.39 is 5.92 Å². The highest BCUT2D eigenvalue weighted by molar-refractivity contribution is 7.18. The minimum atomic E-state index is -0.453. The average Bonchev–Trinajstić information content (AvgIpc) is 3.35. The van der Waals surface area contributed by atoms with E-state index in [0.717, 1.165) is 26.5 Å². The summed E-state index contributed by atoms with van der Waals surface area (Å²) in [6, 6.07) is 16.0. The zero-order chi connectivity index (χ0) is 22.2. The van der Waals surface area contributed by atoms with E-state index in [0.29, 0.717) is 17.9 Å². The molecule has 2 N–H and O–H groups in total. The van der Waals surface area contributed by atoms with Crippen molar-refractivity contribution in [3.05, 3.63) is 70.0 Å². The summed E-state index contributed by atoms with van der Waals surface area (Å²) < 4.78 is 1.07. The van der Waals surface area contributed by atoms with Crippen molar-refractivity contribution in [2.45, 2.75) is 13.3 Å². The molecule has 0 aliphatic carbocycles. The predicted molar refractivity (Wildman–Crippen MR) is 124 cm³/mol. The topological polar surface area (TPSA) is 108 Å². The van der Waals surface area contributed by atoms with Crippen LogP contribution in [-0.2, 0) is 9.59 Å². The summed E-state index contributed by atoms with van der Waals surface area (Å²) in [5.41, 5.74) is 3.29. The predicted octanol–water partition coefficient (Wildman–Crippen LogP) is 3.35. The molecule has 5 rings (SSSR count). The molecule has 1 atom stereocenters. The number of rotatable bonds is 4. The number of hydrogen-bond donors (Lipinski definition) is 2. The first-order valence-electron chi connectivity index (χ1n) is 10.1. The Kier molecular flexibility index (Phi) is 5.02. The van der Waals surface area contributed by atoms with E-state index in [1.54, 1.807) is 40.5 Å². The smallest absolute Gasteiger partial charge is 0.264 e. The van der Waals surface area contributed by atoms with Crippen molar-refractivity contribution >= 4 is 44.7 Å². The Morgan fingerprint density at radius 3 is 2.84 bits per heavy atom. The number of carbonyl (C=O) groups excluding carboxylic acids is 2. The minimum absolute atomic E-state index is 0.0809. The lowest BCUT2D eigenvalue weighted by atomic mass is 10.1. The molecule has 2 amide bonds. The number of nitrogens with zero attached hydrogens (tertiary/aromatic N) is 3. The fourth-order valence-corrected chi connectivity index (χ4v) is 4.64. The lowest BCUT2D eigenvalue weighted by Gasteiger charge is -2.17. The minimum Gasteiger partial charge on any atom is -0.326 e. The van der Waals surface area contributed by atoms with Gasteiger partial charge in [-0.05, 0) is 43.3 Å². The van der Waals surface area contributed by atoms with Crippen LogP contribution in [0.5, 0.6) is 0 Å². The Hall–Kier alpha value is -3.85. The molecule has 1 saturated heterocycles. The molecule has 0 saturated carbocycles. The summed E-state index contributed by atoms with van der Waals surface area (Å²) in [6.45, 7) is 2.27. The van der Waals surface area contributed by atoms with Crippen LogP contribution in [0.4, 0.5) is 11.4 Å². The number of fused-ring (bicyclic) bond motifs is 1. The molecule has 2 aromatic heterocycles. The van der Waals surface area contributed by atoms with Crippen molar-refractivity contribution in [2.24, 2.45) is 5.92 Å². The maximum Gasteiger partial charge on any atom is 0.264 e. The van der Waals surface area contributed by atoms with Gasteiger partial charge in [-0.3, -0.25) is 14.4 Å². The normalized spacial score (nSPS) is 16.0. The summed E-state index contributed by atoms with van der Waals surface area (Å²) in [4.78, 5) is 42.9. The van der Waals surface area contributed by atoms with Gasteiger partial charge in [0, 0.05) is 36.0 Å². The molecule has 0 bridgehead atoms. The van der Waals surface area contributed by atoms with Crippen molar-refractivity contribution in [3.63, 3.8) is 0 Å². The summed E-state index contributed by atoms with van der Waals surface area (Å²) >= 11 is 1.61. The van der Waals surface area contributed by atoms with Gasteiger partial charge < -0.3 is 10.2 Å². The molecule has 2 aromatic carbocycles. The van der Waals surface area contributed by atoms with E-state index in [2.05, 4.69) is 20.5 Å². The van der Waals surface area contributed by atoms with Crippen LogP contribution < -0.4 is 15.8 Å². The lowest BCUT2D eigenvalue weighted by Crippen LogP contribution is -2.28. The Morgan fingerprint density at radius 2 is 2.03 bits per heavy atom. The molecule has 160 valence electrons. The maximum atomic E-state index is 12.9. The summed E-state index contributed by atoms with van der Waals surface area (Å²) in [5.74, 6) is -0.745. The van der Waals surface area contributed by atoms with Crippen LogP contribution in [0.1, 0.15) is 11.4 Å². The van der Waals surface area contributed by atoms with Crippen molar-refractivity contribution in [3.8, 4) is 11.3 Å². The number of aromatic nitrogens is 3. The second-order valence-corrected chi connectivity index (χ2v) is 8.90. The number of aromatic amines is 1. The Labute approximate surface area is 186 Å². The largest absolute Gasteiger partial charge is 0.326 e. The number of thiazole rings is 1. The zero-order valence-corrected chi connectivity index (χ0v) is 18.0. The van der Waals surface area contributed by atoms with Gasteiger partial charge in [-0.25, -0.2) is 10.1 Å². The Bertz CT molecular complexity index is 1390. The molecular formula is C23H19N5O3S. The molecule has 3 heterocycles. The van der Waals surface area contributed by atoms with Gasteiger partial charge in [-0.15, -0.1) is 11.3 Å². The molecule has 4 aromatic rings. The van der Waals surface area contributed by atoms with Gasteiger partial charge in [0.2, 0.25) is 11.8 Å². The number of benzene rings is 2. The molecule has 0 spiro atoms. The molecule has 1 aliphatic heterocycles. The molecule has 1 fully saturated rings. The third-order valence-corrected chi connectivity index (χ3v) is 6.34. The van der Waals surface area contributed by atoms with E-state index in [4.69, 9.17) is 0 Å². The van der Waals surface area contributed by atoms with Gasteiger partial charge >= 0.3 is 0 Å². The van der Waals surface area contributed by atoms with Crippen LogP contribution in [0.3, 0.4) is 0 Å². The average molecular weight is 446 g/mol. The Balaban J connectivity index is 1.31. The van der Waals surface area contributed by atoms with Gasteiger partial charge in [0.1, 0.15) is 0 Å². The molecule has 9 heteroatoms. The first-order valence-corrected chi connectivity index (χ1v) is 10.9. The van der Waals surface area contributed by atoms with E-state index in [9.17, 15) is 14.4 Å². The number of anilines is 2. The highest BCUT2D eigenvalue weighted by Gasteiger charge is 2.35. The highest BCUT2D eigenvalue weighted by atomic mass is 32.1. The van der Waals surface area contributed by atoms with Gasteiger partial charge in [-0.1, -0.05) is 12.1 Å². The fraction of sp³-hybridized carbons (Fsp3) is 0.174.